The monoisotopic (exact) mass is 442 g/mol. The molecule has 5 nitrogen and oxygen atoms in total. The lowest BCUT2D eigenvalue weighted by Gasteiger charge is -2.31. The third-order valence-electron chi connectivity index (χ3n) is 5.49. The van der Waals surface area contributed by atoms with Crippen LogP contribution in [-0.4, -0.2) is 31.7 Å². The third kappa shape index (κ3) is 4.51. The minimum Gasteiger partial charge on any atom is -0.325 e. The molecule has 0 aromatic heterocycles. The first kappa shape index (κ1) is 20.8. The number of carbonyl (C=O) groups is 1. The van der Waals surface area contributed by atoms with Gasteiger partial charge in [-0.1, -0.05) is 66.2 Å². The number of nitrogens with zero attached hydrogens (tertiary/aromatic N) is 1. The van der Waals surface area contributed by atoms with Crippen LogP contribution in [0, 0.1) is 5.92 Å². The second kappa shape index (κ2) is 8.76. The highest BCUT2D eigenvalue weighted by atomic mass is 35.5. The van der Waals surface area contributed by atoms with Crippen molar-refractivity contribution in [3.05, 3.63) is 77.3 Å². The number of halogens is 1. The molecule has 7 heteroatoms. The smallest absolute Gasteiger partial charge is 0.228 e. The zero-order valence-electron chi connectivity index (χ0n) is 16.4. The minimum atomic E-state index is -3.56. The molecular formula is C23H23ClN2O3S. The summed E-state index contributed by atoms with van der Waals surface area (Å²) in [4.78, 5) is 12.9. The Bertz CT molecular complexity index is 1170. The lowest BCUT2D eigenvalue weighted by molar-refractivity contribution is -0.120. The molecule has 3 aromatic rings. The quantitative estimate of drug-likeness (QED) is 0.624. The highest BCUT2D eigenvalue weighted by Crippen LogP contribution is 2.27. The number of nitrogens with one attached hydrogen (secondary N) is 1. The number of hydrogen-bond acceptors (Lipinski definition) is 3. The van der Waals surface area contributed by atoms with Crippen molar-refractivity contribution in [1.82, 2.24) is 4.31 Å². The lowest BCUT2D eigenvalue weighted by Crippen LogP contribution is -2.44. The second-order valence-electron chi connectivity index (χ2n) is 7.56. The third-order valence-corrected chi connectivity index (χ3v) is 7.65. The zero-order chi connectivity index (χ0) is 21.1. The fourth-order valence-corrected chi connectivity index (χ4v) is 5.80. The van der Waals surface area contributed by atoms with Gasteiger partial charge in [0.1, 0.15) is 0 Å². The molecule has 0 spiro atoms. The largest absolute Gasteiger partial charge is 0.325 e. The predicted molar refractivity (Wildman–Crippen MR) is 121 cm³/mol. The topological polar surface area (TPSA) is 66.5 Å². The molecule has 1 aliphatic rings. The van der Waals surface area contributed by atoms with E-state index in [-0.39, 0.29) is 18.2 Å². The highest BCUT2D eigenvalue weighted by molar-refractivity contribution is 7.88. The van der Waals surface area contributed by atoms with E-state index < -0.39 is 15.9 Å². The van der Waals surface area contributed by atoms with E-state index in [0.29, 0.717) is 30.0 Å². The summed E-state index contributed by atoms with van der Waals surface area (Å²) >= 11 is 6.14. The molecule has 1 heterocycles. The maximum atomic E-state index is 12.9. The average molecular weight is 443 g/mol. The van der Waals surface area contributed by atoms with Gasteiger partial charge in [-0.25, -0.2) is 12.7 Å². The molecule has 1 aliphatic heterocycles. The van der Waals surface area contributed by atoms with Gasteiger partial charge in [-0.3, -0.25) is 4.79 Å². The van der Waals surface area contributed by atoms with Crippen LogP contribution in [0.15, 0.2) is 66.7 Å². The van der Waals surface area contributed by atoms with Crippen LogP contribution in [0.2, 0.25) is 5.02 Å². The summed E-state index contributed by atoms with van der Waals surface area (Å²) in [7, 11) is -3.56. The van der Waals surface area contributed by atoms with Crippen LogP contribution in [0.4, 0.5) is 5.69 Å². The van der Waals surface area contributed by atoms with Crippen LogP contribution >= 0.6 is 11.6 Å². The summed E-state index contributed by atoms with van der Waals surface area (Å²) < 4.78 is 27.3. The Balaban J connectivity index is 1.48. The fourth-order valence-electron chi connectivity index (χ4n) is 3.88. The summed E-state index contributed by atoms with van der Waals surface area (Å²) in [6.45, 7) is 0.605. The molecule has 4 rings (SSSR count). The summed E-state index contributed by atoms with van der Waals surface area (Å²) in [6.07, 6.45) is 1.31. The van der Waals surface area contributed by atoms with Crippen LogP contribution in [0.5, 0.6) is 0 Å². The molecule has 156 valence electrons. The van der Waals surface area contributed by atoms with E-state index in [1.165, 1.54) is 4.31 Å². The minimum absolute atomic E-state index is 0.149. The van der Waals surface area contributed by atoms with Crippen LogP contribution in [-0.2, 0) is 20.6 Å². The number of benzene rings is 3. The fraction of sp³-hybridized carbons (Fsp3) is 0.261. The van der Waals surface area contributed by atoms with Crippen LogP contribution in [0.1, 0.15) is 18.4 Å². The zero-order valence-corrected chi connectivity index (χ0v) is 18.0. The maximum absolute atomic E-state index is 12.9. The molecule has 0 unspecified atom stereocenters. The number of sulfonamides is 1. The van der Waals surface area contributed by atoms with Gasteiger partial charge < -0.3 is 5.32 Å². The number of amides is 1. The standard InChI is InChI=1S/C23H23ClN2O3S/c24-21-12-4-2-8-19(21)16-30(28,29)26-14-6-10-18(15-26)23(27)25-22-13-5-9-17-7-1-3-11-20(17)22/h1-5,7-9,11-13,18H,6,10,14-16H2,(H,25,27)/t18-/m0/s1. The molecule has 1 saturated heterocycles. The molecular weight excluding hydrogens is 420 g/mol. The van der Waals surface area contributed by atoms with E-state index in [9.17, 15) is 13.2 Å². The first-order valence-corrected chi connectivity index (χ1v) is 11.9. The van der Waals surface area contributed by atoms with Crippen molar-refractivity contribution in [3.8, 4) is 0 Å². The van der Waals surface area contributed by atoms with E-state index in [1.807, 2.05) is 42.5 Å². The molecule has 0 saturated carbocycles. The Kier molecular flexibility index (Phi) is 6.09. The molecule has 1 N–H and O–H groups in total. The normalized spacial score (nSPS) is 17.7. The number of rotatable bonds is 5. The van der Waals surface area contributed by atoms with Crippen molar-refractivity contribution in [3.63, 3.8) is 0 Å². The Hall–Kier alpha value is -2.41. The van der Waals surface area contributed by atoms with E-state index in [2.05, 4.69) is 5.32 Å². The van der Waals surface area contributed by atoms with Gasteiger partial charge >= 0.3 is 0 Å². The van der Waals surface area contributed by atoms with Crippen molar-refractivity contribution in [1.29, 1.82) is 0 Å². The van der Waals surface area contributed by atoms with E-state index in [4.69, 9.17) is 11.6 Å². The van der Waals surface area contributed by atoms with E-state index in [1.54, 1.807) is 24.3 Å². The number of fused-ring (bicyclic) bond motifs is 1. The van der Waals surface area contributed by atoms with Gasteiger partial charge in [-0.05, 0) is 35.9 Å². The molecule has 1 amide bonds. The van der Waals surface area contributed by atoms with Crippen LogP contribution in [0.3, 0.4) is 0 Å². The molecule has 0 bridgehead atoms. The Morgan fingerprint density at radius 3 is 2.60 bits per heavy atom. The highest BCUT2D eigenvalue weighted by Gasteiger charge is 2.32. The first-order valence-electron chi connectivity index (χ1n) is 9.94. The van der Waals surface area contributed by atoms with E-state index >= 15 is 0 Å². The van der Waals surface area contributed by atoms with Crippen molar-refractivity contribution < 1.29 is 13.2 Å². The summed E-state index contributed by atoms with van der Waals surface area (Å²) in [5.41, 5.74) is 1.32. The first-order chi connectivity index (χ1) is 14.4. The molecule has 30 heavy (non-hydrogen) atoms. The molecule has 3 aromatic carbocycles. The molecule has 0 aliphatic carbocycles. The summed E-state index contributed by atoms with van der Waals surface area (Å²) in [5.74, 6) is -0.701. The van der Waals surface area contributed by atoms with Gasteiger partial charge in [-0.2, -0.15) is 0 Å². The lowest BCUT2D eigenvalue weighted by atomic mass is 9.98. The van der Waals surface area contributed by atoms with Gasteiger partial charge in [0.05, 0.1) is 11.7 Å². The maximum Gasteiger partial charge on any atom is 0.228 e. The van der Waals surface area contributed by atoms with Crippen molar-refractivity contribution in [2.75, 3.05) is 18.4 Å². The second-order valence-corrected chi connectivity index (χ2v) is 9.94. The van der Waals surface area contributed by atoms with Gasteiger partial charge in [-0.15, -0.1) is 0 Å². The molecule has 1 fully saturated rings. The summed E-state index contributed by atoms with van der Waals surface area (Å²) in [5, 5.41) is 5.45. The summed E-state index contributed by atoms with van der Waals surface area (Å²) in [6, 6.07) is 20.6. The van der Waals surface area contributed by atoms with E-state index in [0.717, 1.165) is 16.5 Å². The molecule has 1 atom stereocenters. The Morgan fingerprint density at radius 2 is 1.77 bits per heavy atom. The van der Waals surface area contributed by atoms with Crippen LogP contribution < -0.4 is 5.32 Å². The van der Waals surface area contributed by atoms with Crippen LogP contribution in [0.25, 0.3) is 10.8 Å². The van der Waals surface area contributed by atoms with Gasteiger partial charge in [0, 0.05) is 29.2 Å². The van der Waals surface area contributed by atoms with Crippen molar-refractivity contribution in [2.45, 2.75) is 18.6 Å². The predicted octanol–water partition coefficient (Wildman–Crippen LogP) is 4.67. The Morgan fingerprint density at radius 1 is 1.03 bits per heavy atom. The van der Waals surface area contributed by atoms with Crippen molar-refractivity contribution >= 4 is 44.0 Å². The molecule has 0 radical (unpaired) electrons. The average Bonchev–Trinajstić information content (AvgIpc) is 2.75. The number of carbonyl (C=O) groups excluding carboxylic acids is 1. The van der Waals surface area contributed by atoms with Gasteiger partial charge in [0.15, 0.2) is 0 Å². The number of piperidine rings is 1. The van der Waals surface area contributed by atoms with Gasteiger partial charge in [0.2, 0.25) is 15.9 Å². The SMILES string of the molecule is O=C(Nc1cccc2ccccc12)[C@H]1CCCN(S(=O)(=O)Cc2ccccc2Cl)C1. The van der Waals surface area contributed by atoms with Gasteiger partial charge in [0.25, 0.3) is 0 Å². The Labute approximate surface area is 181 Å². The number of anilines is 1. The number of hydrogen-bond donors (Lipinski definition) is 1. The van der Waals surface area contributed by atoms with Crippen molar-refractivity contribution in [2.24, 2.45) is 5.92 Å².